The molecule has 184 valence electrons. The van der Waals surface area contributed by atoms with Gasteiger partial charge in [0.1, 0.15) is 0 Å². The summed E-state index contributed by atoms with van der Waals surface area (Å²) in [6, 6.07) is 0. The van der Waals surface area contributed by atoms with Gasteiger partial charge in [0.25, 0.3) is 0 Å². The third-order valence-electron chi connectivity index (χ3n) is 3.09. The third-order valence-corrected chi connectivity index (χ3v) is 58.2. The van der Waals surface area contributed by atoms with Gasteiger partial charge in [-0.1, -0.05) is 0 Å². The summed E-state index contributed by atoms with van der Waals surface area (Å²) in [7, 11) is 7.85. The summed E-state index contributed by atoms with van der Waals surface area (Å²) in [5, 5.41) is -0.102. The molecule has 0 saturated carbocycles. The van der Waals surface area contributed by atoms with Gasteiger partial charge in [-0.3, -0.25) is 0 Å². The molecule has 0 bridgehead atoms. The summed E-state index contributed by atoms with van der Waals surface area (Å²) in [4.78, 5) is 46.2. The van der Waals surface area contributed by atoms with Crippen molar-refractivity contribution in [2.45, 2.75) is 0 Å². The van der Waals surface area contributed by atoms with E-state index in [1.54, 1.807) is 0 Å². The van der Waals surface area contributed by atoms with Crippen LogP contribution < -0.4 is 0 Å². The molecule has 0 aliphatic heterocycles. The molecule has 0 aliphatic rings. The molecule has 0 aliphatic carbocycles. The second-order valence-corrected chi connectivity index (χ2v) is 52.1. The van der Waals surface area contributed by atoms with E-state index >= 15 is 0 Å². The first-order valence-electron chi connectivity index (χ1n) is 9.55. The van der Waals surface area contributed by atoms with Crippen LogP contribution in [0.4, 0.5) is 0 Å². The molecule has 0 fully saturated rings. The number of thioether (sulfide) groups is 4. The normalized spacial score (nSPS) is 10.9. The van der Waals surface area contributed by atoms with Crippen LogP contribution in [0.5, 0.6) is 0 Å². The molecule has 0 heterocycles. The van der Waals surface area contributed by atoms with Gasteiger partial charge in [0.15, 0.2) is 0 Å². The second-order valence-electron chi connectivity index (χ2n) is 5.38. The molecule has 0 aromatic rings. The minimum atomic E-state index is -2.97. The van der Waals surface area contributed by atoms with Gasteiger partial charge < -0.3 is 0 Å². The summed E-state index contributed by atoms with van der Waals surface area (Å²) in [6.07, 6.45) is 5.33. The Morgan fingerprint density at radius 2 is 0.667 bits per heavy atom. The molecule has 0 aromatic heterocycles. The fourth-order valence-electron chi connectivity index (χ4n) is 1.72. The minimum absolute atomic E-state index is 0.0256. The van der Waals surface area contributed by atoms with E-state index in [4.69, 9.17) is 0 Å². The van der Waals surface area contributed by atoms with Crippen molar-refractivity contribution in [1.82, 2.24) is 0 Å². The summed E-state index contributed by atoms with van der Waals surface area (Å²) >= 11 is 2.12. The number of hydrogen-bond donors (Lipinski definition) is 0. The van der Waals surface area contributed by atoms with E-state index in [0.717, 1.165) is 23.0 Å². The number of carbonyl (C=O) groups excluding carboxylic acids is 4. The maximum absolute atomic E-state index is 11.6. The fourth-order valence-corrected chi connectivity index (χ4v) is 58.8. The van der Waals surface area contributed by atoms with Crippen molar-refractivity contribution in [2.75, 3.05) is 46.0 Å². The predicted octanol–water partition coefficient (Wildman–Crippen LogP) is 6.14. The topological polar surface area (TPSA) is 68.3 Å². The number of rotatable bonds is 20. The van der Waals surface area contributed by atoms with Crippen molar-refractivity contribution in [3.8, 4) is 0 Å². The molecule has 0 rings (SSSR count). The summed E-state index contributed by atoms with van der Waals surface area (Å²) in [5.74, 6) is 6.26. The van der Waals surface area contributed by atoms with Crippen LogP contribution >= 0.6 is 82.8 Å². The van der Waals surface area contributed by atoms with Gasteiger partial charge >= 0.3 is 232 Å². The number of carbonyl (C=O) groups is 4. The van der Waals surface area contributed by atoms with Crippen LogP contribution in [-0.4, -0.2) is 79.3 Å². The van der Waals surface area contributed by atoms with Gasteiger partial charge in [-0.05, 0) is 0 Å². The zero-order chi connectivity index (χ0) is 25.0. The molecule has 0 amide bonds. The summed E-state index contributed by atoms with van der Waals surface area (Å²) in [6.45, 7) is 14.1. The Kier molecular flexibility index (Phi) is 23.3. The van der Waals surface area contributed by atoms with E-state index in [2.05, 4.69) is 26.3 Å². The Morgan fingerprint density at radius 3 is 0.848 bits per heavy atom. The van der Waals surface area contributed by atoms with Crippen LogP contribution in [0.3, 0.4) is 0 Å². The maximum atomic E-state index is 11.6. The zero-order valence-corrected chi connectivity index (χ0v) is 27.6. The Morgan fingerprint density at radius 1 is 0.455 bits per heavy atom. The Hall–Kier alpha value is 1.24. The summed E-state index contributed by atoms with van der Waals surface area (Å²) < 4.78 is 0. The summed E-state index contributed by atoms with van der Waals surface area (Å²) in [5.41, 5.74) is 0. The van der Waals surface area contributed by atoms with E-state index < -0.39 is 12.8 Å². The SMILES string of the molecule is C=CC(=O)SCC[S][Sn]([S]CCSC(=O)C=C)([S]CCSC(=O)C=C)[S]CCSC(=O)C=C. The Labute approximate surface area is 229 Å². The molecule has 0 spiro atoms. The van der Waals surface area contributed by atoms with Crippen LogP contribution in [0, 0.1) is 0 Å². The van der Waals surface area contributed by atoms with Crippen LogP contribution in [-0.2, 0) is 19.2 Å². The first-order valence-corrected chi connectivity index (χ1v) is 31.4. The number of hydrogen-bond acceptors (Lipinski definition) is 12. The van der Waals surface area contributed by atoms with E-state index in [0.29, 0.717) is 23.0 Å². The third kappa shape index (κ3) is 19.1. The van der Waals surface area contributed by atoms with Gasteiger partial charge in [0.2, 0.25) is 0 Å². The van der Waals surface area contributed by atoms with Crippen molar-refractivity contribution in [2.24, 2.45) is 0 Å². The molecule has 0 saturated heterocycles. The van der Waals surface area contributed by atoms with E-state index in [1.807, 2.05) is 35.8 Å². The molecular formula is C20H28O4S8Sn. The van der Waals surface area contributed by atoms with Gasteiger partial charge in [0.05, 0.1) is 0 Å². The first kappa shape index (κ1) is 34.2. The van der Waals surface area contributed by atoms with Gasteiger partial charge in [-0.25, -0.2) is 0 Å². The van der Waals surface area contributed by atoms with Crippen molar-refractivity contribution in [1.29, 1.82) is 0 Å². The molecule has 33 heavy (non-hydrogen) atoms. The van der Waals surface area contributed by atoms with E-state index in [9.17, 15) is 19.2 Å². The molecule has 0 atom stereocenters. The average Bonchev–Trinajstić information content (AvgIpc) is 2.83. The van der Waals surface area contributed by atoms with Crippen molar-refractivity contribution in [3.05, 3.63) is 50.6 Å². The monoisotopic (exact) mass is 708 g/mol. The van der Waals surface area contributed by atoms with Crippen molar-refractivity contribution in [3.63, 3.8) is 0 Å². The Bertz CT molecular complexity index is 584. The van der Waals surface area contributed by atoms with Crippen molar-refractivity contribution >= 4 is 116 Å². The zero-order valence-electron chi connectivity index (χ0n) is 18.2. The predicted molar refractivity (Wildman–Crippen MR) is 166 cm³/mol. The van der Waals surface area contributed by atoms with E-state index in [-0.39, 0.29) is 20.5 Å². The molecule has 13 heteroatoms. The molecule has 4 nitrogen and oxygen atoms in total. The van der Waals surface area contributed by atoms with Crippen LogP contribution in [0.1, 0.15) is 0 Å². The molecule has 0 N–H and O–H groups in total. The quantitative estimate of drug-likeness (QED) is 0.0831. The van der Waals surface area contributed by atoms with Gasteiger partial charge in [-0.15, -0.1) is 0 Å². The molecule has 0 unspecified atom stereocenters. The molecule has 0 aromatic carbocycles. The van der Waals surface area contributed by atoms with Crippen LogP contribution in [0.15, 0.2) is 50.6 Å². The second kappa shape index (κ2) is 22.4. The molecule has 0 radical (unpaired) electrons. The van der Waals surface area contributed by atoms with Crippen LogP contribution in [0.2, 0.25) is 0 Å². The average molecular weight is 708 g/mol. The van der Waals surface area contributed by atoms with Crippen LogP contribution in [0.25, 0.3) is 0 Å². The van der Waals surface area contributed by atoms with E-state index in [1.165, 1.54) is 71.4 Å². The standard InChI is InChI=1S/4C5H8OS2.Sn/c4*1-2-5(6)8-4-3-7;/h4*2,7H,1,3-4H2;/q;;;;+4/p-4. The molecular weight excluding hydrogens is 679 g/mol. The first-order chi connectivity index (χ1) is 15.8. The fraction of sp³-hybridized carbons (Fsp3) is 0.400. The van der Waals surface area contributed by atoms with Gasteiger partial charge in [0, 0.05) is 0 Å². The Balaban J connectivity index is 5.15. The van der Waals surface area contributed by atoms with Gasteiger partial charge in [-0.2, -0.15) is 0 Å². The van der Waals surface area contributed by atoms with Crippen molar-refractivity contribution < 1.29 is 19.2 Å².